The SMILES string of the molecule is COc1c(CN2O[C@@H](CO)[C@@H]([C@H](C)O)[C@H]2C(=O)N[C@H]2C[C@H]3C[C@@H]([C@@H]2C)C3(C)C)cccc1-c1cc(C(=O)N[C@H](CN(C)C)[C@@H](N[SH](=O)=O)c2ccccc2)cc(N(C)C)c1. The maximum absolute atomic E-state index is 14.3. The van der Waals surface area contributed by atoms with Crippen LogP contribution in [0.2, 0.25) is 0 Å². The van der Waals surface area contributed by atoms with Gasteiger partial charge in [0.05, 0.1) is 38.4 Å². The Bertz CT molecular complexity index is 2050. The molecule has 1 saturated heterocycles. The lowest BCUT2D eigenvalue weighted by Gasteiger charge is -2.62. The third-order valence-electron chi connectivity index (χ3n) is 13.4. The van der Waals surface area contributed by atoms with E-state index in [0.29, 0.717) is 57.9 Å². The molecule has 0 aromatic heterocycles. The zero-order valence-corrected chi connectivity index (χ0v) is 37.2. The second-order valence-electron chi connectivity index (χ2n) is 18.0. The minimum Gasteiger partial charge on any atom is -0.496 e. The Balaban J connectivity index is 1.31. The summed E-state index contributed by atoms with van der Waals surface area (Å²) in [6, 6.07) is 18.1. The number of hydrogen-bond donors (Lipinski definition) is 6. The third kappa shape index (κ3) is 9.52. The summed E-state index contributed by atoms with van der Waals surface area (Å²) < 4.78 is 32.8. The molecule has 14 nitrogen and oxygen atoms in total. The van der Waals surface area contributed by atoms with Crippen molar-refractivity contribution in [3.63, 3.8) is 0 Å². The number of methoxy groups -OCH3 is 1. The highest BCUT2D eigenvalue weighted by Crippen LogP contribution is 2.61. The van der Waals surface area contributed by atoms with Crippen molar-refractivity contribution in [2.45, 2.75) is 83.5 Å². The second-order valence-corrected chi connectivity index (χ2v) is 18.8. The van der Waals surface area contributed by atoms with Gasteiger partial charge in [0.1, 0.15) is 17.9 Å². The number of hydroxylamine groups is 2. The lowest BCUT2D eigenvalue weighted by Crippen LogP contribution is -2.62. The predicted molar refractivity (Wildman–Crippen MR) is 233 cm³/mol. The van der Waals surface area contributed by atoms with Crippen LogP contribution in [-0.4, -0.2) is 119 Å². The molecule has 5 N–H and O–H groups in total. The van der Waals surface area contributed by atoms with E-state index in [-0.39, 0.29) is 30.5 Å². The molecule has 1 aliphatic heterocycles. The molecule has 10 atom stereocenters. The number of carbonyl (C=O) groups is 2. The van der Waals surface area contributed by atoms with Crippen LogP contribution in [0.15, 0.2) is 66.7 Å². The zero-order chi connectivity index (χ0) is 43.6. The fourth-order valence-electron chi connectivity index (χ4n) is 10.0. The number of fused-ring (bicyclic) bond motifs is 2. The summed E-state index contributed by atoms with van der Waals surface area (Å²) in [4.78, 5) is 38.7. The topological polar surface area (TPSA) is 173 Å². The van der Waals surface area contributed by atoms with Gasteiger partial charge in [-0.2, -0.15) is 5.06 Å². The van der Waals surface area contributed by atoms with Gasteiger partial charge in [-0.3, -0.25) is 14.4 Å². The summed E-state index contributed by atoms with van der Waals surface area (Å²) in [5.41, 5.74) is 4.14. The number of amides is 2. The van der Waals surface area contributed by atoms with E-state index in [2.05, 4.69) is 36.1 Å². The quantitative estimate of drug-likeness (QED) is 0.110. The van der Waals surface area contributed by atoms with Crippen LogP contribution in [0.25, 0.3) is 11.1 Å². The van der Waals surface area contributed by atoms with E-state index in [0.717, 1.165) is 12.1 Å². The molecule has 3 aromatic rings. The molecule has 328 valence electrons. The number of hydrogen-bond acceptors (Lipinski definition) is 11. The summed E-state index contributed by atoms with van der Waals surface area (Å²) in [6.45, 7) is 8.56. The first-order valence-corrected chi connectivity index (χ1v) is 22.0. The summed E-state index contributed by atoms with van der Waals surface area (Å²) in [5.74, 6) is 0.558. The molecule has 2 amide bonds. The van der Waals surface area contributed by atoms with Gasteiger partial charge in [-0.05, 0) is 86.4 Å². The van der Waals surface area contributed by atoms with E-state index in [4.69, 9.17) is 9.57 Å². The van der Waals surface area contributed by atoms with E-state index >= 15 is 0 Å². The first-order chi connectivity index (χ1) is 28.4. The van der Waals surface area contributed by atoms with Crippen molar-refractivity contribution in [3.8, 4) is 16.9 Å². The van der Waals surface area contributed by atoms with Gasteiger partial charge >= 0.3 is 0 Å². The molecule has 0 unspecified atom stereocenters. The number of nitrogens with one attached hydrogen (secondary N) is 3. The highest BCUT2D eigenvalue weighted by Gasteiger charge is 2.57. The third-order valence-corrected chi connectivity index (χ3v) is 13.9. The Morgan fingerprint density at radius 1 is 1.03 bits per heavy atom. The number of likely N-dealkylation sites (N-methyl/N-ethyl adjacent to an activating group) is 1. The van der Waals surface area contributed by atoms with E-state index in [9.17, 15) is 28.2 Å². The van der Waals surface area contributed by atoms with Gasteiger partial charge in [-0.1, -0.05) is 69.3 Å². The van der Waals surface area contributed by atoms with Crippen molar-refractivity contribution >= 4 is 28.4 Å². The number of benzene rings is 3. The number of thiol groups is 1. The van der Waals surface area contributed by atoms with E-state index in [1.807, 2.05) is 92.6 Å². The van der Waals surface area contributed by atoms with E-state index in [1.165, 1.54) is 6.42 Å². The molecule has 4 aliphatic rings. The molecule has 7 rings (SSSR count). The average molecular weight is 849 g/mol. The smallest absolute Gasteiger partial charge is 0.251 e. The lowest BCUT2D eigenvalue weighted by molar-refractivity contribution is -0.183. The summed E-state index contributed by atoms with van der Waals surface area (Å²) in [6.07, 6.45) is 0.337. The van der Waals surface area contributed by atoms with Crippen LogP contribution in [0.3, 0.4) is 0 Å². The Hall–Kier alpha value is -4.09. The molecule has 0 radical (unpaired) electrons. The van der Waals surface area contributed by atoms with Crippen LogP contribution >= 0.6 is 0 Å². The van der Waals surface area contributed by atoms with Crippen LogP contribution in [-0.2, 0) is 27.1 Å². The lowest BCUT2D eigenvalue weighted by atomic mass is 9.45. The minimum absolute atomic E-state index is 0.00184. The minimum atomic E-state index is -2.99. The van der Waals surface area contributed by atoms with Crippen LogP contribution in [0.5, 0.6) is 5.75 Å². The highest BCUT2D eigenvalue weighted by molar-refractivity contribution is 7.70. The summed E-state index contributed by atoms with van der Waals surface area (Å²) in [5, 5.41) is 29.4. The number of rotatable bonds is 17. The summed E-state index contributed by atoms with van der Waals surface area (Å²) >= 11 is 0. The predicted octanol–water partition coefficient (Wildman–Crippen LogP) is 3.61. The van der Waals surface area contributed by atoms with Crippen LogP contribution in [0.1, 0.15) is 68.1 Å². The average Bonchev–Trinajstić information content (AvgIpc) is 3.58. The van der Waals surface area contributed by atoms with Crippen molar-refractivity contribution in [2.24, 2.45) is 29.1 Å². The molecule has 3 aromatic carbocycles. The molecular weight excluding hydrogens is 785 g/mol. The second kappa shape index (κ2) is 18.9. The summed E-state index contributed by atoms with van der Waals surface area (Å²) in [7, 11) is 6.06. The van der Waals surface area contributed by atoms with Crippen molar-refractivity contribution in [2.75, 3.05) is 53.4 Å². The van der Waals surface area contributed by atoms with Crippen molar-refractivity contribution in [1.82, 2.24) is 25.3 Å². The van der Waals surface area contributed by atoms with Gasteiger partial charge in [-0.25, -0.2) is 13.1 Å². The highest BCUT2D eigenvalue weighted by atomic mass is 32.2. The molecule has 0 spiro atoms. The van der Waals surface area contributed by atoms with Crippen molar-refractivity contribution in [3.05, 3.63) is 83.4 Å². The maximum atomic E-state index is 14.3. The number of ether oxygens (including phenoxy) is 1. The maximum Gasteiger partial charge on any atom is 0.251 e. The Labute approximate surface area is 356 Å². The molecule has 3 saturated carbocycles. The van der Waals surface area contributed by atoms with Gasteiger partial charge in [-0.15, -0.1) is 0 Å². The van der Waals surface area contributed by atoms with Gasteiger partial charge in [0.2, 0.25) is 16.8 Å². The van der Waals surface area contributed by atoms with Gasteiger partial charge in [0.15, 0.2) is 0 Å². The Kier molecular flexibility index (Phi) is 14.3. The molecule has 3 aliphatic carbocycles. The van der Waals surface area contributed by atoms with Gasteiger partial charge in [0.25, 0.3) is 5.91 Å². The number of anilines is 1. The molecule has 1 heterocycles. The zero-order valence-electron chi connectivity index (χ0n) is 36.3. The van der Waals surface area contributed by atoms with Crippen molar-refractivity contribution < 1.29 is 37.8 Å². The first-order valence-electron chi connectivity index (χ1n) is 20.9. The Morgan fingerprint density at radius 2 is 1.75 bits per heavy atom. The van der Waals surface area contributed by atoms with E-state index < -0.39 is 53.0 Å². The van der Waals surface area contributed by atoms with Crippen LogP contribution in [0.4, 0.5) is 5.69 Å². The first kappa shape index (κ1) is 45.4. The fourth-order valence-corrected chi connectivity index (χ4v) is 10.6. The fraction of sp³-hybridized carbons (Fsp3) is 0.556. The number of carbonyl (C=O) groups excluding carboxylic acids is 2. The molecule has 15 heteroatoms. The standard InChI is InChI=1S/C45H64N6O8S/c1-26-35-21-32(45(35,3)4)22-36(26)46-44(55)41-39(27(2)53)38(25-52)59-51(41)23-29-16-13-17-34(42(29)58-9)30-18-31(20-33(19-30)50(7)8)43(54)47-37(24-49(5)6)40(48-60(56)57)28-14-11-10-12-15-28/h10-20,26-27,32,35-41,52-53,60H,21-25H2,1-9H3,(H,46,55)(H,47,54)(H,48,56,57)/t26-,27-,32+,35-,36-,37+,38-,39+,40-,41-/m0/s1. The van der Waals surface area contributed by atoms with E-state index in [1.54, 1.807) is 31.2 Å². The largest absolute Gasteiger partial charge is 0.496 e. The molecule has 2 bridgehead atoms. The number of para-hydroxylation sites is 1. The molecular formula is C45H64N6O8S. The molecule has 4 fully saturated rings. The van der Waals surface area contributed by atoms with Crippen molar-refractivity contribution in [1.29, 1.82) is 0 Å². The normalized spacial score (nSPS) is 26.2. The number of aliphatic hydroxyl groups excluding tert-OH is 2. The van der Waals surface area contributed by atoms with Gasteiger partial charge < -0.3 is 35.4 Å². The number of nitrogens with zero attached hydrogens (tertiary/aromatic N) is 3. The van der Waals surface area contributed by atoms with Crippen LogP contribution in [0, 0.1) is 29.1 Å². The Morgan fingerprint density at radius 3 is 2.33 bits per heavy atom. The van der Waals surface area contributed by atoms with Gasteiger partial charge in [0, 0.05) is 55.0 Å². The molecule has 60 heavy (non-hydrogen) atoms. The monoisotopic (exact) mass is 848 g/mol. The number of aliphatic hydroxyl groups is 2. The van der Waals surface area contributed by atoms with Crippen LogP contribution < -0.4 is 25.0 Å².